The van der Waals surface area contributed by atoms with Gasteiger partial charge in [0, 0.05) is 8.47 Å². The minimum atomic E-state index is -2.33. The molecule has 0 amide bonds. The van der Waals surface area contributed by atoms with E-state index in [-0.39, 0.29) is 40.0 Å². The molecule has 0 radical (unpaired) electrons. The van der Waals surface area contributed by atoms with E-state index in [9.17, 15) is 13.6 Å². The van der Waals surface area contributed by atoms with Crippen molar-refractivity contribution < 1.29 is 47.9 Å². The fraction of sp³-hybridized carbons (Fsp3) is 0.125. The maximum atomic E-state index is 11.2. The van der Waals surface area contributed by atoms with Crippen LogP contribution in [0.2, 0.25) is 0 Å². The summed E-state index contributed by atoms with van der Waals surface area (Å²) >= 11 is -0.390. The first-order valence-electron chi connectivity index (χ1n) is 3.53. The monoisotopic (exact) mass is 348 g/mol. The molecule has 0 bridgehead atoms. The fourth-order valence-corrected chi connectivity index (χ4v) is 1.82. The van der Waals surface area contributed by atoms with Gasteiger partial charge < -0.3 is 9.29 Å². The van der Waals surface area contributed by atoms with Crippen LogP contribution in [0.5, 0.6) is 0 Å². The van der Waals surface area contributed by atoms with Crippen molar-refractivity contribution in [3.05, 3.63) is 27.3 Å². The van der Waals surface area contributed by atoms with Gasteiger partial charge in [-0.1, -0.05) is 0 Å². The predicted octanol–water partition coefficient (Wildman–Crippen LogP) is -1.68. The molecule has 0 aliphatic rings. The minimum absolute atomic E-state index is 0. The summed E-state index contributed by atoms with van der Waals surface area (Å²) in [5.74, 6) is -0.540. The molecule has 0 spiro atoms. The molecule has 7 heteroatoms. The Morgan fingerprint density at radius 3 is 2.60 bits per heavy atom. The van der Waals surface area contributed by atoms with Crippen molar-refractivity contribution in [1.29, 1.82) is 0 Å². The van der Waals surface area contributed by atoms with Gasteiger partial charge in [-0.05, 0) is 51.9 Å². The zero-order valence-electron chi connectivity index (χ0n) is 8.15. The third-order valence-corrected chi connectivity index (χ3v) is 3.12. The van der Waals surface area contributed by atoms with Gasteiger partial charge in [0.1, 0.15) is 0 Å². The molecule has 4 nitrogen and oxygen atoms in total. The molecule has 1 aromatic rings. The van der Waals surface area contributed by atoms with Crippen LogP contribution in [-0.2, 0) is 15.8 Å². The molecule has 76 valence electrons. The second-order valence-corrected chi connectivity index (χ2v) is 4.47. The van der Waals surface area contributed by atoms with E-state index in [0.29, 0.717) is 3.57 Å². The Morgan fingerprint density at radius 2 is 2.13 bits per heavy atom. The Kier molecular flexibility index (Phi) is 7.22. The average molecular weight is 348 g/mol. The van der Waals surface area contributed by atoms with E-state index in [1.165, 1.54) is 19.2 Å². The van der Waals surface area contributed by atoms with Crippen molar-refractivity contribution in [3.8, 4) is 0 Å². The Hall–Kier alpha value is 0.530. The largest absolute Gasteiger partial charge is 1.00 e. The summed E-state index contributed by atoms with van der Waals surface area (Å²) < 4.78 is 26.4. The van der Waals surface area contributed by atoms with E-state index in [1.807, 2.05) is 22.6 Å². The van der Waals surface area contributed by atoms with Crippen LogP contribution in [0.4, 0.5) is 0 Å². The molecule has 0 saturated carbocycles. The molecule has 0 aliphatic heterocycles. The van der Waals surface area contributed by atoms with Crippen LogP contribution in [0, 0.1) is 3.57 Å². The normalized spacial score (nSPS) is 11.4. The molecule has 1 unspecified atom stereocenters. The van der Waals surface area contributed by atoms with Crippen molar-refractivity contribution in [2.24, 2.45) is 0 Å². The topological polar surface area (TPSA) is 66.4 Å². The van der Waals surface area contributed by atoms with Gasteiger partial charge in [0.15, 0.2) is 0 Å². The third kappa shape index (κ3) is 4.12. The quantitative estimate of drug-likeness (QED) is 0.277. The maximum absolute atomic E-state index is 11.2. The molecule has 1 aromatic carbocycles. The van der Waals surface area contributed by atoms with Crippen molar-refractivity contribution >= 4 is 39.6 Å². The molecule has 15 heavy (non-hydrogen) atoms. The zero-order valence-corrected chi connectivity index (χ0v) is 13.1. The van der Waals surface area contributed by atoms with E-state index in [0.717, 1.165) is 0 Å². The summed E-state index contributed by atoms with van der Waals surface area (Å²) in [4.78, 5) is 11.3. The number of hydrogen-bond acceptors (Lipinski definition) is 4. The van der Waals surface area contributed by atoms with Crippen LogP contribution in [-0.4, -0.2) is 21.8 Å². The van der Waals surface area contributed by atoms with Crippen LogP contribution < -0.4 is 29.6 Å². The van der Waals surface area contributed by atoms with Gasteiger partial charge in [0.05, 0.1) is 12.7 Å². The van der Waals surface area contributed by atoms with Crippen LogP contribution >= 0.6 is 22.6 Å². The Balaban J connectivity index is 0.00000196. The first-order chi connectivity index (χ1) is 6.56. The summed E-state index contributed by atoms with van der Waals surface area (Å²) in [6.45, 7) is 0. The average Bonchev–Trinajstić information content (AvgIpc) is 2.17. The number of hydrogen-bond donors (Lipinski definition) is 0. The number of ether oxygens (including phenoxy) is 1. The van der Waals surface area contributed by atoms with Gasteiger partial charge in [-0.15, -0.1) is 0 Å². The van der Waals surface area contributed by atoms with Gasteiger partial charge in [-0.2, -0.15) is 0 Å². The van der Waals surface area contributed by atoms with Crippen molar-refractivity contribution in [2.75, 3.05) is 7.11 Å². The van der Waals surface area contributed by atoms with Crippen LogP contribution in [0.25, 0.3) is 0 Å². The summed E-state index contributed by atoms with van der Waals surface area (Å²) in [6.07, 6.45) is 0. The Morgan fingerprint density at radius 1 is 1.53 bits per heavy atom. The van der Waals surface area contributed by atoms with E-state index in [2.05, 4.69) is 4.74 Å². The van der Waals surface area contributed by atoms with Gasteiger partial charge in [-0.3, -0.25) is 4.21 Å². The molecule has 0 aromatic heterocycles. The summed E-state index contributed by atoms with van der Waals surface area (Å²) in [5, 5.41) is 0. The van der Waals surface area contributed by atoms with E-state index in [4.69, 9.17) is 0 Å². The molecule has 0 fully saturated rings. The standard InChI is InChI=1S/C8H7IO4S.Na/c1-13-8(10)6-4-5(14(11)12)2-3-7(6)9;/h2-4H,1H3,(H,11,12);/q;+1/p-1. The molecule has 0 saturated heterocycles. The number of rotatable bonds is 2. The number of methoxy groups -OCH3 is 1. The first kappa shape index (κ1) is 15.5. The van der Waals surface area contributed by atoms with Gasteiger partial charge in [0.25, 0.3) is 0 Å². The molecule has 1 atom stereocenters. The van der Waals surface area contributed by atoms with Crippen LogP contribution in [0.15, 0.2) is 23.1 Å². The fourth-order valence-electron chi connectivity index (χ4n) is 0.874. The molecular formula is C8H6INaO4S. The first-order valence-corrected chi connectivity index (χ1v) is 5.68. The summed E-state index contributed by atoms with van der Waals surface area (Å²) in [7, 11) is 1.25. The van der Waals surface area contributed by atoms with E-state index < -0.39 is 17.0 Å². The minimum Gasteiger partial charge on any atom is -0.768 e. The smallest absolute Gasteiger partial charge is 0.768 e. The van der Waals surface area contributed by atoms with Gasteiger partial charge in [0.2, 0.25) is 0 Å². The molecule has 0 N–H and O–H groups in total. The van der Waals surface area contributed by atoms with Gasteiger partial charge >= 0.3 is 35.5 Å². The molecule has 1 rings (SSSR count). The Bertz CT molecular complexity index is 396. The van der Waals surface area contributed by atoms with Crippen LogP contribution in [0.3, 0.4) is 0 Å². The SMILES string of the molecule is COC(=O)c1cc(S(=O)[O-])ccc1I.[Na+]. The second kappa shape index (κ2) is 6.97. The maximum Gasteiger partial charge on any atom is 1.00 e. The van der Waals surface area contributed by atoms with E-state index in [1.54, 1.807) is 6.07 Å². The third-order valence-electron chi connectivity index (χ3n) is 1.54. The van der Waals surface area contributed by atoms with E-state index >= 15 is 0 Å². The summed E-state index contributed by atoms with van der Waals surface area (Å²) in [5.41, 5.74) is 0.259. The van der Waals surface area contributed by atoms with Crippen molar-refractivity contribution in [1.82, 2.24) is 0 Å². The number of carbonyl (C=O) groups is 1. The number of halogens is 1. The van der Waals surface area contributed by atoms with Gasteiger partial charge in [-0.25, -0.2) is 4.79 Å². The summed E-state index contributed by atoms with van der Waals surface area (Å²) in [6, 6.07) is 4.27. The number of esters is 1. The molecule has 0 heterocycles. The van der Waals surface area contributed by atoms with Crippen molar-refractivity contribution in [3.63, 3.8) is 0 Å². The zero-order chi connectivity index (χ0) is 10.7. The number of benzene rings is 1. The molecule has 0 aliphatic carbocycles. The van der Waals surface area contributed by atoms with Crippen LogP contribution in [0.1, 0.15) is 10.4 Å². The predicted molar refractivity (Wildman–Crippen MR) is 57.7 cm³/mol. The number of carbonyl (C=O) groups excluding carboxylic acids is 1. The Labute approximate surface area is 125 Å². The van der Waals surface area contributed by atoms with Crippen molar-refractivity contribution in [2.45, 2.75) is 4.90 Å². The molecular weight excluding hydrogens is 342 g/mol. The second-order valence-electron chi connectivity index (χ2n) is 2.37.